The summed E-state index contributed by atoms with van der Waals surface area (Å²) in [5, 5.41) is 8.68. The fraction of sp³-hybridized carbons (Fsp3) is 0.125. The maximum Gasteiger partial charge on any atom is 0.227 e. The average molecular weight is 193 g/mol. The van der Waals surface area contributed by atoms with Gasteiger partial charge in [-0.05, 0) is 6.07 Å². The zero-order chi connectivity index (χ0) is 9.68. The van der Waals surface area contributed by atoms with E-state index < -0.39 is 5.91 Å². The van der Waals surface area contributed by atoms with Crippen LogP contribution in [0.5, 0.6) is 0 Å². The van der Waals surface area contributed by atoms with Crippen LogP contribution in [0.1, 0.15) is 5.56 Å². The van der Waals surface area contributed by atoms with E-state index in [0.29, 0.717) is 10.5 Å². The molecule has 0 saturated carbocycles. The predicted octanol–water partition coefficient (Wildman–Crippen LogP) is 0.531. The van der Waals surface area contributed by atoms with Crippen LogP contribution in [-0.2, 0) is 4.79 Å². The summed E-state index contributed by atoms with van der Waals surface area (Å²) in [5.74, 6) is -0.238. The van der Waals surface area contributed by atoms with Crippen molar-refractivity contribution in [3.63, 3.8) is 0 Å². The lowest BCUT2D eigenvalue weighted by molar-refractivity contribution is -0.115. The number of nitrogens with zero attached hydrogens (tertiary/aromatic N) is 2. The molecule has 2 N–H and O–H groups in total. The van der Waals surface area contributed by atoms with Gasteiger partial charge in [-0.25, -0.2) is 0 Å². The third-order valence-corrected chi connectivity index (χ3v) is 2.34. The summed E-state index contributed by atoms with van der Waals surface area (Å²) in [6.45, 7) is 0. The van der Waals surface area contributed by atoms with Crippen LogP contribution >= 0.6 is 11.8 Å². The molecule has 13 heavy (non-hydrogen) atoms. The van der Waals surface area contributed by atoms with Crippen LogP contribution < -0.4 is 5.73 Å². The SMILES string of the molecule is N#Cc1ccncc1SCC(N)=O. The molecule has 66 valence electrons. The van der Waals surface area contributed by atoms with Crippen molar-refractivity contribution in [2.45, 2.75) is 4.90 Å². The van der Waals surface area contributed by atoms with E-state index in [1.807, 2.05) is 6.07 Å². The molecule has 5 heteroatoms. The Morgan fingerprint density at radius 2 is 2.54 bits per heavy atom. The number of amides is 1. The zero-order valence-electron chi connectivity index (χ0n) is 6.73. The van der Waals surface area contributed by atoms with Gasteiger partial charge in [0.25, 0.3) is 0 Å². The standard InChI is InChI=1S/C8H7N3OS/c9-3-6-1-2-11-4-7(6)13-5-8(10)12/h1-2,4H,5H2,(H2,10,12). The number of rotatable bonds is 3. The molecule has 1 aromatic heterocycles. The van der Waals surface area contributed by atoms with Crippen molar-refractivity contribution in [2.24, 2.45) is 5.73 Å². The van der Waals surface area contributed by atoms with E-state index in [1.165, 1.54) is 18.0 Å². The predicted molar refractivity (Wildman–Crippen MR) is 48.9 cm³/mol. The first-order chi connectivity index (χ1) is 6.24. The van der Waals surface area contributed by atoms with Crippen molar-refractivity contribution in [2.75, 3.05) is 5.75 Å². The molecule has 1 rings (SSSR count). The van der Waals surface area contributed by atoms with Crippen LogP contribution in [0.15, 0.2) is 23.4 Å². The monoisotopic (exact) mass is 193 g/mol. The Labute approximate surface area is 79.8 Å². The minimum atomic E-state index is -0.405. The Hall–Kier alpha value is -1.54. The third-order valence-electron chi connectivity index (χ3n) is 1.27. The van der Waals surface area contributed by atoms with Crippen LogP contribution in [0.3, 0.4) is 0 Å². The second kappa shape index (κ2) is 4.48. The highest BCUT2D eigenvalue weighted by Crippen LogP contribution is 2.19. The van der Waals surface area contributed by atoms with Crippen molar-refractivity contribution in [1.82, 2.24) is 4.98 Å². The number of nitrogens with two attached hydrogens (primary N) is 1. The van der Waals surface area contributed by atoms with Crippen molar-refractivity contribution < 1.29 is 4.79 Å². The molecule has 0 aromatic carbocycles. The molecule has 0 atom stereocenters. The van der Waals surface area contributed by atoms with Crippen molar-refractivity contribution in [3.05, 3.63) is 24.0 Å². The molecule has 0 aliphatic rings. The normalized spacial score (nSPS) is 9.15. The lowest BCUT2D eigenvalue weighted by atomic mass is 10.3. The summed E-state index contributed by atoms with van der Waals surface area (Å²) in [4.78, 5) is 15.0. The minimum absolute atomic E-state index is 0.167. The number of pyridine rings is 1. The van der Waals surface area contributed by atoms with Gasteiger partial charge in [-0.2, -0.15) is 5.26 Å². The van der Waals surface area contributed by atoms with Gasteiger partial charge in [-0.1, -0.05) is 0 Å². The summed E-state index contributed by atoms with van der Waals surface area (Å²) in [6, 6.07) is 3.61. The van der Waals surface area contributed by atoms with Gasteiger partial charge in [-0.3, -0.25) is 9.78 Å². The second-order valence-electron chi connectivity index (χ2n) is 2.24. The molecule has 1 aromatic rings. The smallest absolute Gasteiger partial charge is 0.227 e. The summed E-state index contributed by atoms with van der Waals surface area (Å²) in [5.41, 5.74) is 5.48. The molecule has 0 saturated heterocycles. The lowest BCUT2D eigenvalue weighted by Crippen LogP contribution is -2.13. The van der Waals surface area contributed by atoms with E-state index in [0.717, 1.165) is 0 Å². The fourth-order valence-electron chi connectivity index (χ4n) is 0.736. The highest BCUT2D eigenvalue weighted by Gasteiger charge is 2.03. The summed E-state index contributed by atoms with van der Waals surface area (Å²) in [6.07, 6.45) is 3.08. The zero-order valence-corrected chi connectivity index (χ0v) is 7.54. The van der Waals surface area contributed by atoms with Gasteiger partial charge in [0.05, 0.1) is 11.3 Å². The van der Waals surface area contributed by atoms with Gasteiger partial charge in [-0.15, -0.1) is 11.8 Å². The Balaban J connectivity index is 2.77. The van der Waals surface area contributed by atoms with Crippen LogP contribution in [-0.4, -0.2) is 16.6 Å². The van der Waals surface area contributed by atoms with E-state index in [4.69, 9.17) is 11.0 Å². The van der Waals surface area contributed by atoms with E-state index in [2.05, 4.69) is 4.98 Å². The van der Waals surface area contributed by atoms with Crippen LogP contribution in [0.25, 0.3) is 0 Å². The lowest BCUT2D eigenvalue weighted by Gasteiger charge is -1.99. The Bertz CT molecular complexity index is 359. The maximum atomic E-state index is 10.5. The minimum Gasteiger partial charge on any atom is -0.369 e. The molecule has 4 nitrogen and oxygen atoms in total. The number of aromatic nitrogens is 1. The van der Waals surface area contributed by atoms with Gasteiger partial charge in [0.1, 0.15) is 6.07 Å². The Morgan fingerprint density at radius 1 is 1.77 bits per heavy atom. The third kappa shape index (κ3) is 2.76. The molecule has 0 fully saturated rings. The average Bonchev–Trinajstić information content (AvgIpc) is 2.15. The van der Waals surface area contributed by atoms with E-state index in [9.17, 15) is 4.79 Å². The number of carbonyl (C=O) groups excluding carboxylic acids is 1. The van der Waals surface area contributed by atoms with Crippen LogP contribution in [0.2, 0.25) is 0 Å². The number of hydrogen-bond donors (Lipinski definition) is 1. The summed E-state index contributed by atoms with van der Waals surface area (Å²) in [7, 11) is 0. The van der Waals surface area contributed by atoms with Crippen molar-refractivity contribution in [3.8, 4) is 6.07 Å². The molecule has 1 amide bonds. The van der Waals surface area contributed by atoms with E-state index in [1.54, 1.807) is 12.3 Å². The topological polar surface area (TPSA) is 79.8 Å². The first-order valence-corrected chi connectivity index (χ1v) is 4.48. The molecular weight excluding hydrogens is 186 g/mol. The highest BCUT2D eigenvalue weighted by molar-refractivity contribution is 8.00. The van der Waals surface area contributed by atoms with Gasteiger partial charge >= 0.3 is 0 Å². The molecular formula is C8H7N3OS. The van der Waals surface area contributed by atoms with Crippen molar-refractivity contribution >= 4 is 17.7 Å². The number of primary amides is 1. The number of thioether (sulfide) groups is 1. The first-order valence-electron chi connectivity index (χ1n) is 3.49. The van der Waals surface area contributed by atoms with Gasteiger partial charge in [0.15, 0.2) is 0 Å². The number of hydrogen-bond acceptors (Lipinski definition) is 4. The Kier molecular flexibility index (Phi) is 3.29. The van der Waals surface area contributed by atoms with E-state index in [-0.39, 0.29) is 5.75 Å². The molecule has 0 unspecified atom stereocenters. The molecule has 1 heterocycles. The molecule has 0 aliphatic carbocycles. The second-order valence-corrected chi connectivity index (χ2v) is 3.26. The van der Waals surface area contributed by atoms with Gasteiger partial charge < -0.3 is 5.73 Å². The van der Waals surface area contributed by atoms with Gasteiger partial charge in [0, 0.05) is 17.3 Å². The van der Waals surface area contributed by atoms with Crippen LogP contribution in [0.4, 0.5) is 0 Å². The molecule has 0 radical (unpaired) electrons. The molecule has 0 spiro atoms. The van der Waals surface area contributed by atoms with Crippen LogP contribution in [0, 0.1) is 11.3 Å². The number of nitriles is 1. The maximum absolute atomic E-state index is 10.5. The largest absolute Gasteiger partial charge is 0.369 e. The fourth-order valence-corrected chi connectivity index (χ4v) is 1.44. The van der Waals surface area contributed by atoms with Crippen molar-refractivity contribution in [1.29, 1.82) is 5.26 Å². The van der Waals surface area contributed by atoms with Gasteiger partial charge in [0.2, 0.25) is 5.91 Å². The highest BCUT2D eigenvalue weighted by atomic mass is 32.2. The quantitative estimate of drug-likeness (QED) is 0.710. The molecule has 0 aliphatic heterocycles. The Morgan fingerprint density at radius 3 is 3.15 bits per heavy atom. The number of carbonyl (C=O) groups is 1. The summed E-state index contributed by atoms with van der Waals surface area (Å²) < 4.78 is 0. The van der Waals surface area contributed by atoms with E-state index >= 15 is 0 Å². The first kappa shape index (κ1) is 9.55. The molecule has 0 bridgehead atoms. The summed E-state index contributed by atoms with van der Waals surface area (Å²) >= 11 is 1.22.